The number of nitrogens with zero attached hydrogens (tertiary/aromatic N) is 3. The van der Waals surface area contributed by atoms with Gasteiger partial charge in [0.1, 0.15) is 22.2 Å². The van der Waals surface area contributed by atoms with Gasteiger partial charge in [0, 0.05) is 36.6 Å². The molecular weight excluding hydrogens is 556 g/mol. The van der Waals surface area contributed by atoms with Crippen LogP contribution in [-0.2, 0) is 23.2 Å². The van der Waals surface area contributed by atoms with Gasteiger partial charge in [0.05, 0.1) is 27.4 Å². The highest BCUT2D eigenvalue weighted by molar-refractivity contribution is 7.87. The van der Waals surface area contributed by atoms with Gasteiger partial charge in [0.25, 0.3) is 11.8 Å². The third-order valence-corrected chi connectivity index (χ3v) is 8.46. The first-order valence-corrected chi connectivity index (χ1v) is 14.8. The van der Waals surface area contributed by atoms with Crippen molar-refractivity contribution in [3.05, 3.63) is 75.2 Å². The molecule has 3 aromatic rings. The lowest BCUT2D eigenvalue weighted by Gasteiger charge is -2.23. The summed E-state index contributed by atoms with van der Waals surface area (Å²) in [7, 11) is 0.155. The molecule has 0 radical (unpaired) electrons. The Morgan fingerprint density at radius 3 is 2.33 bits per heavy atom. The molecule has 0 saturated carbocycles. The molecule has 3 rings (SSSR count). The molecule has 0 unspecified atom stereocenters. The largest absolute Gasteiger partial charge is 0.496 e. The van der Waals surface area contributed by atoms with E-state index in [9.17, 15) is 18.0 Å². The molecule has 0 aliphatic heterocycles. The maximum absolute atomic E-state index is 13.7. The first kappa shape index (κ1) is 31.0. The summed E-state index contributed by atoms with van der Waals surface area (Å²) < 4.78 is 38.2. The number of hydrogen-bond acceptors (Lipinski definition) is 9. The first-order chi connectivity index (χ1) is 19.1. The molecule has 216 valence electrons. The number of thiazole rings is 1. The lowest BCUT2D eigenvalue weighted by molar-refractivity contribution is 0.0740. The lowest BCUT2D eigenvalue weighted by Crippen LogP contribution is -2.42. The van der Waals surface area contributed by atoms with E-state index in [0.717, 1.165) is 33.2 Å². The molecule has 1 aromatic heterocycles. The van der Waals surface area contributed by atoms with Gasteiger partial charge in [-0.05, 0) is 37.5 Å². The molecule has 0 saturated heterocycles. The van der Waals surface area contributed by atoms with Gasteiger partial charge >= 0.3 is 10.2 Å². The molecule has 2 N–H and O–H groups in total. The number of nitrogens with one attached hydrogen (secondary N) is 1. The minimum Gasteiger partial charge on any atom is -0.496 e. The minimum absolute atomic E-state index is 0.0867. The van der Waals surface area contributed by atoms with E-state index in [-0.39, 0.29) is 31.3 Å². The van der Waals surface area contributed by atoms with Crippen LogP contribution in [0.25, 0.3) is 0 Å². The number of aryl methyl sites for hydroxylation is 1. The van der Waals surface area contributed by atoms with E-state index >= 15 is 0 Å². The first-order valence-electron chi connectivity index (χ1n) is 12.5. The van der Waals surface area contributed by atoms with Crippen molar-refractivity contribution in [2.75, 3.05) is 41.0 Å². The number of aliphatic hydroxyl groups excluding tert-OH is 1. The number of hydrogen-bond donors (Lipinski definition) is 2. The Bertz CT molecular complexity index is 1390. The third kappa shape index (κ3) is 8.01. The molecule has 2 amide bonds. The molecule has 0 fully saturated rings. The van der Waals surface area contributed by atoms with Crippen molar-refractivity contribution < 1.29 is 32.6 Å². The average Bonchev–Trinajstić information content (AvgIpc) is 3.41. The summed E-state index contributed by atoms with van der Waals surface area (Å²) in [6.07, 6.45) is 1.44. The SMILES string of the molecule is COc1cc(C(=O)N(CCCc2ccccc2)Cc2nc(C(=O)NS(=O)(=O)N(C)CCO)cs2)cc(OC)c1C. The molecule has 2 aromatic carbocycles. The fourth-order valence-corrected chi connectivity index (χ4v) is 5.53. The van der Waals surface area contributed by atoms with Gasteiger partial charge < -0.3 is 19.5 Å². The summed E-state index contributed by atoms with van der Waals surface area (Å²) in [5.41, 5.74) is 2.21. The Hall–Kier alpha value is -3.52. The van der Waals surface area contributed by atoms with Crippen LogP contribution < -0.4 is 14.2 Å². The number of ether oxygens (including phenoxy) is 2. The zero-order valence-corrected chi connectivity index (χ0v) is 24.5. The van der Waals surface area contributed by atoms with Crippen LogP contribution in [0, 0.1) is 6.92 Å². The van der Waals surface area contributed by atoms with Crippen LogP contribution in [0.3, 0.4) is 0 Å². The average molecular weight is 591 g/mol. The van der Waals surface area contributed by atoms with E-state index in [0.29, 0.717) is 35.0 Å². The highest BCUT2D eigenvalue weighted by atomic mass is 32.2. The molecule has 11 nitrogen and oxygen atoms in total. The number of methoxy groups -OCH3 is 2. The second-order valence-electron chi connectivity index (χ2n) is 8.93. The van der Waals surface area contributed by atoms with Crippen LogP contribution in [0.5, 0.6) is 11.5 Å². The van der Waals surface area contributed by atoms with Crippen molar-refractivity contribution in [2.45, 2.75) is 26.3 Å². The van der Waals surface area contributed by atoms with Gasteiger partial charge in [-0.25, -0.2) is 9.71 Å². The van der Waals surface area contributed by atoms with Crippen molar-refractivity contribution in [2.24, 2.45) is 0 Å². The van der Waals surface area contributed by atoms with E-state index in [1.165, 1.54) is 26.6 Å². The van der Waals surface area contributed by atoms with Gasteiger partial charge in [-0.15, -0.1) is 11.3 Å². The number of carbonyl (C=O) groups is 2. The Balaban J connectivity index is 1.82. The molecule has 0 aliphatic rings. The van der Waals surface area contributed by atoms with Crippen molar-refractivity contribution in [3.63, 3.8) is 0 Å². The summed E-state index contributed by atoms with van der Waals surface area (Å²) in [6.45, 7) is 1.81. The summed E-state index contributed by atoms with van der Waals surface area (Å²) in [5.74, 6) is -0.124. The topological polar surface area (TPSA) is 138 Å². The Labute approximate surface area is 238 Å². The Morgan fingerprint density at radius 1 is 1.07 bits per heavy atom. The van der Waals surface area contributed by atoms with E-state index in [1.807, 2.05) is 42.0 Å². The molecular formula is C27H34N4O7S2. The maximum atomic E-state index is 13.7. The van der Waals surface area contributed by atoms with Crippen molar-refractivity contribution in [3.8, 4) is 11.5 Å². The maximum Gasteiger partial charge on any atom is 0.303 e. The molecule has 0 bridgehead atoms. The predicted molar refractivity (Wildman–Crippen MR) is 152 cm³/mol. The third-order valence-electron chi connectivity index (χ3n) is 6.18. The second-order valence-corrected chi connectivity index (χ2v) is 11.6. The van der Waals surface area contributed by atoms with Crippen molar-refractivity contribution in [1.82, 2.24) is 18.9 Å². The zero-order valence-electron chi connectivity index (χ0n) is 22.9. The smallest absolute Gasteiger partial charge is 0.303 e. The van der Waals surface area contributed by atoms with E-state index in [1.54, 1.807) is 17.0 Å². The standard InChI is InChI=1S/C27H34N4O7S2/c1-19-23(37-3)15-21(16-24(19)38-4)27(34)31(12-8-11-20-9-6-5-7-10-20)17-25-28-22(18-39-25)26(33)29-40(35,36)30(2)13-14-32/h5-7,9-10,15-16,18,32H,8,11-14,17H2,1-4H3,(H,29,33). The van der Waals surface area contributed by atoms with Gasteiger partial charge in [-0.3, -0.25) is 9.59 Å². The summed E-state index contributed by atoms with van der Waals surface area (Å²) in [6, 6.07) is 13.3. The Kier molecular flexibility index (Phi) is 11.0. The van der Waals surface area contributed by atoms with Crippen molar-refractivity contribution in [1.29, 1.82) is 0 Å². The highest BCUT2D eigenvalue weighted by Crippen LogP contribution is 2.30. The second kappa shape index (κ2) is 14.2. The van der Waals surface area contributed by atoms with Crippen LogP contribution in [0.4, 0.5) is 0 Å². The minimum atomic E-state index is -4.14. The Morgan fingerprint density at radius 2 is 1.73 bits per heavy atom. The van der Waals surface area contributed by atoms with Crippen LogP contribution in [0.15, 0.2) is 47.8 Å². The summed E-state index contributed by atoms with van der Waals surface area (Å²) in [4.78, 5) is 32.2. The summed E-state index contributed by atoms with van der Waals surface area (Å²) >= 11 is 1.15. The number of benzene rings is 2. The highest BCUT2D eigenvalue weighted by Gasteiger charge is 2.24. The molecule has 0 aliphatic carbocycles. The fourth-order valence-electron chi connectivity index (χ4n) is 3.92. The number of amides is 2. The van der Waals surface area contributed by atoms with Crippen LogP contribution in [0.2, 0.25) is 0 Å². The van der Waals surface area contributed by atoms with E-state index < -0.39 is 16.1 Å². The van der Waals surface area contributed by atoms with Crippen molar-refractivity contribution >= 4 is 33.4 Å². The van der Waals surface area contributed by atoms with Gasteiger partial charge in [0.2, 0.25) is 0 Å². The normalized spacial score (nSPS) is 11.3. The van der Waals surface area contributed by atoms with Gasteiger partial charge in [-0.1, -0.05) is 30.3 Å². The molecule has 40 heavy (non-hydrogen) atoms. The number of aromatic nitrogens is 1. The molecule has 0 atom stereocenters. The van der Waals surface area contributed by atoms with E-state index in [2.05, 4.69) is 4.98 Å². The van der Waals surface area contributed by atoms with Crippen LogP contribution in [-0.4, -0.2) is 80.5 Å². The van der Waals surface area contributed by atoms with Crippen LogP contribution in [0.1, 0.15) is 43.4 Å². The number of likely N-dealkylation sites (N-methyl/N-ethyl adjacent to an activating group) is 1. The zero-order chi connectivity index (χ0) is 29.3. The van der Waals surface area contributed by atoms with Gasteiger partial charge in [0.15, 0.2) is 0 Å². The lowest BCUT2D eigenvalue weighted by atomic mass is 10.1. The summed E-state index contributed by atoms with van der Waals surface area (Å²) in [5, 5.41) is 10.9. The van der Waals surface area contributed by atoms with Crippen LogP contribution >= 0.6 is 11.3 Å². The fraction of sp³-hybridized carbons (Fsp3) is 0.370. The number of aliphatic hydroxyl groups is 1. The predicted octanol–water partition coefficient (Wildman–Crippen LogP) is 2.64. The number of rotatable bonds is 14. The monoisotopic (exact) mass is 590 g/mol. The molecule has 13 heteroatoms. The quantitative estimate of drug-likeness (QED) is 0.292. The molecule has 1 heterocycles. The van der Waals surface area contributed by atoms with Gasteiger partial charge in [-0.2, -0.15) is 12.7 Å². The molecule has 0 spiro atoms. The number of carbonyl (C=O) groups excluding carboxylic acids is 2. The van der Waals surface area contributed by atoms with E-state index in [4.69, 9.17) is 14.6 Å².